The first-order valence-electron chi connectivity index (χ1n) is 9.18. The minimum Gasteiger partial charge on any atom is -0.454 e. The number of furan rings is 1. The molecule has 146 valence electrons. The lowest BCUT2D eigenvalue weighted by molar-refractivity contribution is 0.0468. The van der Waals surface area contributed by atoms with Gasteiger partial charge in [-0.15, -0.1) is 0 Å². The van der Waals surface area contributed by atoms with Gasteiger partial charge < -0.3 is 13.7 Å². The quantitative estimate of drug-likeness (QED) is 0.383. The fourth-order valence-corrected chi connectivity index (χ4v) is 3.22. The second-order valence-electron chi connectivity index (χ2n) is 6.60. The molecule has 0 bridgehead atoms. The average Bonchev–Trinajstić information content (AvgIpc) is 3.17. The van der Waals surface area contributed by atoms with E-state index in [0.29, 0.717) is 28.9 Å². The SMILES string of the molecule is CCn1c(=O)c(C)nc2cc(C(=O)OCC(=O)c3cc4ccccc4o3)ccc21. The highest BCUT2D eigenvalue weighted by molar-refractivity contribution is 6.00. The Labute approximate surface area is 165 Å². The van der Waals surface area contributed by atoms with E-state index in [2.05, 4.69) is 4.98 Å². The number of hydrogen-bond donors (Lipinski definition) is 0. The molecule has 0 atom stereocenters. The van der Waals surface area contributed by atoms with Gasteiger partial charge in [-0.05, 0) is 44.2 Å². The van der Waals surface area contributed by atoms with E-state index in [0.717, 1.165) is 5.39 Å². The van der Waals surface area contributed by atoms with E-state index in [1.54, 1.807) is 41.8 Å². The molecule has 0 amide bonds. The van der Waals surface area contributed by atoms with Gasteiger partial charge in [-0.1, -0.05) is 18.2 Å². The van der Waals surface area contributed by atoms with Crippen molar-refractivity contribution in [2.45, 2.75) is 20.4 Å². The van der Waals surface area contributed by atoms with Crippen molar-refractivity contribution >= 4 is 33.8 Å². The van der Waals surface area contributed by atoms with Gasteiger partial charge in [0.2, 0.25) is 5.78 Å². The van der Waals surface area contributed by atoms with Gasteiger partial charge in [0.15, 0.2) is 12.4 Å². The van der Waals surface area contributed by atoms with Crippen LogP contribution in [0, 0.1) is 6.92 Å². The lowest BCUT2D eigenvalue weighted by Gasteiger charge is -2.10. The van der Waals surface area contributed by atoms with E-state index in [1.807, 2.05) is 25.1 Å². The van der Waals surface area contributed by atoms with Crippen LogP contribution in [0.3, 0.4) is 0 Å². The van der Waals surface area contributed by atoms with Gasteiger partial charge in [-0.2, -0.15) is 0 Å². The minimum absolute atomic E-state index is 0.141. The van der Waals surface area contributed by atoms with Gasteiger partial charge in [-0.25, -0.2) is 9.78 Å². The maximum absolute atomic E-state index is 12.4. The van der Waals surface area contributed by atoms with Gasteiger partial charge in [0.05, 0.1) is 16.6 Å². The van der Waals surface area contributed by atoms with Crippen LogP contribution in [0.2, 0.25) is 0 Å². The molecule has 0 aliphatic rings. The molecule has 0 saturated heterocycles. The third-order valence-electron chi connectivity index (χ3n) is 4.70. The molecule has 2 aromatic carbocycles. The number of rotatable bonds is 5. The third kappa shape index (κ3) is 3.42. The highest BCUT2D eigenvalue weighted by atomic mass is 16.5. The highest BCUT2D eigenvalue weighted by Crippen LogP contribution is 2.19. The lowest BCUT2D eigenvalue weighted by atomic mass is 10.2. The normalized spacial score (nSPS) is 11.1. The summed E-state index contributed by atoms with van der Waals surface area (Å²) >= 11 is 0. The highest BCUT2D eigenvalue weighted by Gasteiger charge is 2.17. The number of ether oxygens (including phenoxy) is 1. The van der Waals surface area contributed by atoms with Crippen molar-refractivity contribution in [1.82, 2.24) is 9.55 Å². The Kier molecular flexibility index (Phi) is 4.72. The Morgan fingerprint density at radius 3 is 2.69 bits per heavy atom. The first-order valence-corrected chi connectivity index (χ1v) is 9.18. The fraction of sp³-hybridized carbons (Fsp3) is 0.182. The molecule has 29 heavy (non-hydrogen) atoms. The number of nitrogens with zero attached hydrogens (tertiary/aromatic N) is 2. The van der Waals surface area contributed by atoms with Crippen LogP contribution in [0.15, 0.2) is 57.7 Å². The molecule has 4 rings (SSSR count). The van der Waals surface area contributed by atoms with Crippen LogP contribution in [0.1, 0.15) is 33.5 Å². The van der Waals surface area contributed by atoms with Gasteiger partial charge in [0.1, 0.15) is 11.3 Å². The maximum Gasteiger partial charge on any atom is 0.338 e. The van der Waals surface area contributed by atoms with Crippen LogP contribution >= 0.6 is 0 Å². The summed E-state index contributed by atoms with van der Waals surface area (Å²) in [5, 5.41) is 0.806. The summed E-state index contributed by atoms with van der Waals surface area (Å²) in [4.78, 5) is 41.2. The fourth-order valence-electron chi connectivity index (χ4n) is 3.22. The number of carbonyl (C=O) groups is 2. The minimum atomic E-state index is -0.648. The van der Waals surface area contributed by atoms with Gasteiger partial charge >= 0.3 is 5.97 Å². The number of esters is 1. The van der Waals surface area contributed by atoms with E-state index in [-0.39, 0.29) is 16.9 Å². The van der Waals surface area contributed by atoms with Crippen molar-refractivity contribution in [3.05, 3.63) is 75.9 Å². The first-order chi connectivity index (χ1) is 14.0. The molecule has 0 N–H and O–H groups in total. The predicted molar refractivity (Wildman–Crippen MR) is 107 cm³/mol. The van der Waals surface area contributed by atoms with Crippen molar-refractivity contribution in [1.29, 1.82) is 0 Å². The Morgan fingerprint density at radius 2 is 1.93 bits per heavy atom. The average molecular weight is 390 g/mol. The van der Waals surface area contributed by atoms with Gasteiger partial charge in [0.25, 0.3) is 5.56 Å². The van der Waals surface area contributed by atoms with Crippen LogP contribution in [0.4, 0.5) is 0 Å². The third-order valence-corrected chi connectivity index (χ3v) is 4.70. The van der Waals surface area contributed by atoms with E-state index >= 15 is 0 Å². The molecule has 7 nitrogen and oxygen atoms in total. The Hall–Kier alpha value is -3.74. The number of benzene rings is 2. The molecule has 0 fully saturated rings. The van der Waals surface area contributed by atoms with Crippen molar-refractivity contribution in [2.24, 2.45) is 0 Å². The Balaban J connectivity index is 1.53. The molecule has 2 aromatic heterocycles. The number of carbonyl (C=O) groups excluding carboxylic acids is 2. The molecule has 0 aliphatic heterocycles. The van der Waals surface area contributed by atoms with Crippen LogP contribution in [-0.2, 0) is 11.3 Å². The van der Waals surface area contributed by atoms with Crippen LogP contribution in [0.5, 0.6) is 0 Å². The molecule has 0 saturated carbocycles. The van der Waals surface area contributed by atoms with Crippen molar-refractivity contribution in [3.63, 3.8) is 0 Å². The van der Waals surface area contributed by atoms with Crippen molar-refractivity contribution in [2.75, 3.05) is 6.61 Å². The van der Waals surface area contributed by atoms with E-state index < -0.39 is 18.4 Å². The standard InChI is InChI=1S/C22H18N2O5/c1-3-24-17-9-8-15(10-16(17)23-13(2)21(24)26)22(27)28-12-18(25)20-11-14-6-4-5-7-19(14)29-20/h4-11H,3,12H2,1-2H3. The van der Waals surface area contributed by atoms with Crippen LogP contribution in [0.25, 0.3) is 22.0 Å². The number of hydrogen-bond acceptors (Lipinski definition) is 6. The van der Waals surface area contributed by atoms with E-state index in [9.17, 15) is 14.4 Å². The van der Waals surface area contributed by atoms with Gasteiger partial charge in [-0.3, -0.25) is 9.59 Å². The zero-order valence-electron chi connectivity index (χ0n) is 16.0. The Bertz CT molecular complexity index is 1280. The van der Waals surface area contributed by atoms with Crippen LogP contribution < -0.4 is 5.56 Å². The number of aryl methyl sites for hydroxylation is 2. The maximum atomic E-state index is 12.4. The summed E-state index contributed by atoms with van der Waals surface area (Å²) in [5.41, 5.74) is 2.19. The largest absolute Gasteiger partial charge is 0.454 e. The number of aromatic nitrogens is 2. The molecular formula is C22H18N2O5. The molecule has 2 heterocycles. The first kappa shape index (κ1) is 18.6. The summed E-state index contributed by atoms with van der Waals surface area (Å²) < 4.78 is 12.2. The molecule has 4 aromatic rings. The van der Waals surface area contributed by atoms with E-state index in [1.165, 1.54) is 0 Å². The second kappa shape index (κ2) is 7.35. The topological polar surface area (TPSA) is 91.4 Å². The monoisotopic (exact) mass is 390 g/mol. The molecular weight excluding hydrogens is 372 g/mol. The van der Waals surface area contributed by atoms with Crippen molar-refractivity contribution < 1.29 is 18.7 Å². The van der Waals surface area contributed by atoms with Gasteiger partial charge in [0, 0.05) is 11.9 Å². The number of para-hydroxylation sites is 1. The molecule has 0 spiro atoms. The summed E-state index contributed by atoms with van der Waals surface area (Å²) in [6.45, 7) is 3.56. The summed E-state index contributed by atoms with van der Waals surface area (Å²) in [7, 11) is 0. The number of fused-ring (bicyclic) bond motifs is 2. The summed E-state index contributed by atoms with van der Waals surface area (Å²) in [5.74, 6) is -0.934. The second-order valence-corrected chi connectivity index (χ2v) is 6.60. The molecule has 7 heteroatoms. The van der Waals surface area contributed by atoms with E-state index in [4.69, 9.17) is 9.15 Å². The lowest BCUT2D eigenvalue weighted by Crippen LogP contribution is -2.23. The predicted octanol–water partition coefficient (Wildman–Crippen LogP) is 3.51. The molecule has 0 radical (unpaired) electrons. The zero-order chi connectivity index (χ0) is 20.5. The van der Waals surface area contributed by atoms with Crippen molar-refractivity contribution in [3.8, 4) is 0 Å². The Morgan fingerprint density at radius 1 is 1.14 bits per heavy atom. The number of ketones is 1. The summed E-state index contributed by atoms with van der Waals surface area (Å²) in [6, 6.07) is 13.6. The molecule has 0 unspecified atom stereocenters. The smallest absolute Gasteiger partial charge is 0.338 e. The number of Topliss-reactive ketones (excluding diaryl/α,β-unsaturated/α-hetero) is 1. The summed E-state index contributed by atoms with van der Waals surface area (Å²) in [6.07, 6.45) is 0. The molecule has 0 aliphatic carbocycles. The zero-order valence-corrected chi connectivity index (χ0v) is 16.0. The van der Waals surface area contributed by atoms with Crippen LogP contribution in [-0.4, -0.2) is 27.9 Å².